The van der Waals surface area contributed by atoms with E-state index in [0.29, 0.717) is 6.54 Å². The Morgan fingerprint density at radius 2 is 1.87 bits per heavy atom. The Labute approximate surface area is 177 Å². The first kappa shape index (κ1) is 19.2. The number of benzene rings is 1. The highest BCUT2D eigenvalue weighted by Gasteiger charge is 2.42. The number of ether oxygens (including phenoxy) is 2. The molecule has 7 nitrogen and oxygen atoms in total. The van der Waals surface area contributed by atoms with E-state index in [2.05, 4.69) is 21.3 Å². The van der Waals surface area contributed by atoms with E-state index in [4.69, 9.17) is 9.47 Å². The van der Waals surface area contributed by atoms with Crippen LogP contribution in [-0.4, -0.2) is 44.4 Å². The molecule has 3 aliphatic rings. The van der Waals surface area contributed by atoms with Gasteiger partial charge in [0.25, 0.3) is 17.5 Å². The number of aromatic amines is 1. The first-order valence-electron chi connectivity index (χ1n) is 11.1. The van der Waals surface area contributed by atoms with Crippen LogP contribution in [-0.2, 0) is 4.79 Å². The average Bonchev–Trinajstić information content (AvgIpc) is 3.11. The average molecular weight is 411 g/mol. The molecule has 2 aromatic rings. The van der Waals surface area contributed by atoms with Gasteiger partial charge in [-0.05, 0) is 31.0 Å². The minimum atomic E-state index is -0.483. The van der Waals surface area contributed by atoms with E-state index in [1.807, 2.05) is 36.5 Å². The summed E-state index contributed by atoms with van der Waals surface area (Å²) < 4.78 is 12.3. The molecule has 0 atom stereocenters. The van der Waals surface area contributed by atoms with E-state index in [1.165, 1.54) is 11.3 Å². The van der Waals surface area contributed by atoms with E-state index in [9.17, 15) is 4.79 Å². The van der Waals surface area contributed by atoms with Crippen LogP contribution in [0.4, 0.5) is 11.5 Å². The van der Waals surface area contributed by atoms with Crippen LogP contribution in [0.2, 0.25) is 0 Å². The zero-order valence-corrected chi connectivity index (χ0v) is 17.3. The summed E-state index contributed by atoms with van der Waals surface area (Å²) in [6.07, 6.45) is 7.32. The largest absolute Gasteiger partial charge is 0.448 e. The predicted molar refractivity (Wildman–Crippen MR) is 113 cm³/mol. The molecule has 3 heterocycles. The van der Waals surface area contributed by atoms with Crippen molar-refractivity contribution in [2.75, 3.05) is 42.9 Å². The Hall–Kier alpha value is -2.80. The number of carbonyl (C=O) groups is 1. The zero-order chi connectivity index (χ0) is 20.4. The van der Waals surface area contributed by atoms with E-state index in [-0.39, 0.29) is 5.91 Å². The monoisotopic (exact) mass is 410 g/mol. The summed E-state index contributed by atoms with van der Waals surface area (Å²) >= 11 is 0. The van der Waals surface area contributed by atoms with Gasteiger partial charge < -0.3 is 19.7 Å². The predicted octanol–water partition coefficient (Wildman–Crippen LogP) is 1.28. The van der Waals surface area contributed by atoms with Crippen LogP contribution in [0.3, 0.4) is 0 Å². The Bertz CT molecular complexity index is 891. The number of nitrogens with zero attached hydrogens (tertiary/aromatic N) is 1. The summed E-state index contributed by atoms with van der Waals surface area (Å²) in [5.74, 6) is 2.22. The lowest BCUT2D eigenvalue weighted by molar-refractivity contribution is -0.892. The Morgan fingerprint density at radius 3 is 2.63 bits per heavy atom. The second kappa shape index (κ2) is 8.14. The lowest BCUT2D eigenvalue weighted by Gasteiger charge is -2.31. The van der Waals surface area contributed by atoms with Gasteiger partial charge in [0.15, 0.2) is 18.0 Å². The fraction of sp³-hybridized carbons (Fsp3) is 0.478. The Balaban J connectivity index is 1.13. The van der Waals surface area contributed by atoms with E-state index in [1.54, 1.807) is 0 Å². The lowest BCUT2D eigenvalue weighted by Crippen LogP contribution is -3.15. The third-order valence-electron chi connectivity index (χ3n) is 6.35. The van der Waals surface area contributed by atoms with Crippen molar-refractivity contribution in [1.82, 2.24) is 0 Å². The van der Waals surface area contributed by atoms with Crippen molar-refractivity contribution in [1.29, 1.82) is 0 Å². The second-order valence-corrected chi connectivity index (χ2v) is 8.55. The molecular weight excluding hydrogens is 380 g/mol. The minimum absolute atomic E-state index is 0.0379. The smallest absolute Gasteiger partial charge is 0.279 e. The van der Waals surface area contributed by atoms with Crippen LogP contribution in [0.5, 0.6) is 11.5 Å². The second-order valence-electron chi connectivity index (χ2n) is 8.55. The number of nitrogens with one attached hydrogen (secondary N) is 3. The number of piperazine rings is 1. The molecule has 7 heteroatoms. The van der Waals surface area contributed by atoms with Crippen LogP contribution >= 0.6 is 0 Å². The number of rotatable bonds is 4. The van der Waals surface area contributed by atoms with Crippen molar-refractivity contribution in [2.24, 2.45) is 0 Å². The molecule has 30 heavy (non-hydrogen) atoms. The number of fused-ring (bicyclic) bond motifs is 1. The molecular formula is C23H30N4O3+2. The number of anilines is 2. The van der Waals surface area contributed by atoms with E-state index < -0.39 is 5.79 Å². The van der Waals surface area contributed by atoms with Crippen molar-refractivity contribution < 1.29 is 24.2 Å². The highest BCUT2D eigenvalue weighted by atomic mass is 16.7. The van der Waals surface area contributed by atoms with Crippen molar-refractivity contribution in [3.8, 4) is 11.5 Å². The van der Waals surface area contributed by atoms with Gasteiger partial charge >= 0.3 is 0 Å². The first-order valence-corrected chi connectivity index (χ1v) is 11.1. The Morgan fingerprint density at radius 1 is 1.07 bits per heavy atom. The van der Waals surface area contributed by atoms with Gasteiger partial charge in [0.1, 0.15) is 26.2 Å². The van der Waals surface area contributed by atoms with Crippen molar-refractivity contribution in [2.45, 2.75) is 37.9 Å². The number of quaternary nitrogens is 1. The van der Waals surface area contributed by atoms with Gasteiger partial charge in [-0.1, -0.05) is 12.5 Å². The van der Waals surface area contributed by atoms with Crippen LogP contribution in [0, 0.1) is 0 Å². The van der Waals surface area contributed by atoms with Crippen molar-refractivity contribution in [3.63, 3.8) is 0 Å². The maximum Gasteiger partial charge on any atom is 0.279 e. The Kier molecular flexibility index (Phi) is 5.21. The summed E-state index contributed by atoms with van der Waals surface area (Å²) in [5, 5.41) is 3.04. The molecule has 1 saturated carbocycles. The molecule has 0 unspecified atom stereocenters. The molecule has 1 spiro atoms. The summed E-state index contributed by atoms with van der Waals surface area (Å²) in [7, 11) is 0. The molecule has 3 N–H and O–H groups in total. The van der Waals surface area contributed by atoms with Crippen LogP contribution < -0.4 is 29.6 Å². The number of hydrogen-bond acceptors (Lipinski definition) is 4. The van der Waals surface area contributed by atoms with Crippen molar-refractivity contribution in [3.05, 3.63) is 42.6 Å². The summed E-state index contributed by atoms with van der Waals surface area (Å²) in [6.45, 7) is 4.24. The topological polar surface area (TPSA) is 69.4 Å². The fourth-order valence-corrected chi connectivity index (χ4v) is 4.72. The van der Waals surface area contributed by atoms with Gasteiger partial charge in [-0.25, -0.2) is 4.98 Å². The number of aromatic nitrogens is 1. The normalized spacial score (nSPS) is 20.3. The van der Waals surface area contributed by atoms with Gasteiger partial charge in [0, 0.05) is 30.7 Å². The molecule has 1 saturated heterocycles. The highest BCUT2D eigenvalue weighted by Crippen LogP contribution is 2.46. The number of carbonyl (C=O) groups excluding carboxylic acids is 1. The summed E-state index contributed by atoms with van der Waals surface area (Å²) in [4.78, 5) is 19.5. The lowest BCUT2D eigenvalue weighted by atomic mass is 9.94. The molecule has 1 amide bonds. The first-order chi connectivity index (χ1) is 14.7. The molecule has 158 valence electrons. The zero-order valence-electron chi connectivity index (χ0n) is 17.3. The standard InChI is InChI=1S/C23H28N4O3/c28-22(17-26-12-14-27(15-13-26)21-6-2-5-11-24-21)25-18-7-8-19-20(16-18)30-23(29-19)9-3-1-4-10-23/h2,5-8,11,16H,1,3-4,9-10,12-15,17H2,(H,25,28)/p+2. The summed E-state index contributed by atoms with van der Waals surface area (Å²) in [6, 6.07) is 11.8. The van der Waals surface area contributed by atoms with Crippen LogP contribution in [0.25, 0.3) is 0 Å². The molecule has 2 fully saturated rings. The number of amides is 1. The molecule has 1 aromatic heterocycles. The van der Waals surface area contributed by atoms with E-state index >= 15 is 0 Å². The van der Waals surface area contributed by atoms with Crippen LogP contribution in [0.15, 0.2) is 42.6 Å². The molecule has 0 radical (unpaired) electrons. The van der Waals surface area contributed by atoms with Gasteiger partial charge in [0.2, 0.25) is 0 Å². The van der Waals surface area contributed by atoms with Gasteiger partial charge in [-0.2, -0.15) is 0 Å². The highest BCUT2D eigenvalue weighted by molar-refractivity contribution is 5.91. The SMILES string of the molecule is O=C(C[NH+]1CCN(c2cccc[nH+]2)CC1)Nc1ccc2c(c1)OC1(CCCCC1)O2. The third kappa shape index (κ3) is 4.07. The molecule has 0 bridgehead atoms. The fourth-order valence-electron chi connectivity index (χ4n) is 4.72. The maximum atomic E-state index is 12.6. The minimum Gasteiger partial charge on any atom is -0.448 e. The summed E-state index contributed by atoms with van der Waals surface area (Å²) in [5.41, 5.74) is 0.770. The quantitative estimate of drug-likeness (QED) is 0.797. The molecule has 1 aromatic carbocycles. The molecule has 1 aliphatic carbocycles. The van der Waals surface area contributed by atoms with Crippen molar-refractivity contribution >= 4 is 17.4 Å². The number of hydrogen-bond donors (Lipinski definition) is 2. The van der Waals surface area contributed by atoms with Gasteiger partial charge in [-0.3, -0.25) is 9.69 Å². The molecule has 5 rings (SSSR count). The van der Waals surface area contributed by atoms with Gasteiger partial charge in [-0.15, -0.1) is 0 Å². The number of pyridine rings is 1. The third-order valence-corrected chi connectivity index (χ3v) is 6.35. The van der Waals surface area contributed by atoms with Crippen LogP contribution in [0.1, 0.15) is 32.1 Å². The molecule has 2 aliphatic heterocycles. The van der Waals surface area contributed by atoms with E-state index in [0.717, 1.165) is 74.9 Å². The van der Waals surface area contributed by atoms with Gasteiger partial charge in [0.05, 0.1) is 6.20 Å². The maximum absolute atomic E-state index is 12.6. The number of H-pyrrole nitrogens is 1.